The average molecular weight is 408 g/mol. The number of hydrazine groups is 1. The van der Waals surface area contributed by atoms with E-state index in [0.29, 0.717) is 0 Å². The molecule has 3 aromatic rings. The van der Waals surface area contributed by atoms with E-state index in [4.69, 9.17) is 0 Å². The van der Waals surface area contributed by atoms with E-state index >= 15 is 0 Å². The van der Waals surface area contributed by atoms with Gasteiger partial charge in [0, 0.05) is 29.4 Å². The highest BCUT2D eigenvalue weighted by Crippen LogP contribution is 2.19. The van der Waals surface area contributed by atoms with Gasteiger partial charge in [-0.05, 0) is 23.8 Å². The summed E-state index contributed by atoms with van der Waals surface area (Å²) < 4.78 is 0. The molecule has 0 fully saturated rings. The molecular formula is C22H24N4O4. The zero-order valence-electron chi connectivity index (χ0n) is 16.7. The van der Waals surface area contributed by atoms with Gasteiger partial charge in [-0.15, -0.1) is 0 Å². The Kier molecular flexibility index (Phi) is 6.36. The number of amides is 3. The number of hydrogen-bond acceptors (Lipinski definition) is 4. The van der Waals surface area contributed by atoms with Crippen LogP contribution in [0.4, 0.5) is 0 Å². The summed E-state index contributed by atoms with van der Waals surface area (Å²) in [5.74, 6) is -2.02. The highest BCUT2D eigenvalue weighted by Gasteiger charge is 2.24. The van der Waals surface area contributed by atoms with Gasteiger partial charge >= 0.3 is 0 Å². The second kappa shape index (κ2) is 9.13. The highest BCUT2D eigenvalue weighted by molar-refractivity contribution is 5.98. The lowest BCUT2D eigenvalue weighted by molar-refractivity contribution is -0.130. The van der Waals surface area contributed by atoms with Gasteiger partial charge in [-0.1, -0.05) is 44.2 Å². The van der Waals surface area contributed by atoms with Crippen molar-refractivity contribution in [2.45, 2.75) is 26.3 Å². The number of phenolic OH excluding ortho intramolecular Hbond substituents is 1. The van der Waals surface area contributed by atoms with Crippen molar-refractivity contribution in [3.8, 4) is 5.75 Å². The topological polar surface area (TPSA) is 123 Å². The maximum atomic E-state index is 12.8. The van der Waals surface area contributed by atoms with Crippen molar-refractivity contribution in [2.75, 3.05) is 0 Å². The minimum absolute atomic E-state index is 0.0252. The number of rotatable bonds is 6. The van der Waals surface area contributed by atoms with Gasteiger partial charge in [0.25, 0.3) is 11.8 Å². The van der Waals surface area contributed by atoms with Crippen LogP contribution in [0.5, 0.6) is 5.75 Å². The normalized spacial score (nSPS) is 11.8. The maximum absolute atomic E-state index is 12.8. The van der Waals surface area contributed by atoms with Crippen LogP contribution in [0.15, 0.2) is 54.7 Å². The predicted octanol–water partition coefficient (Wildman–Crippen LogP) is 2.02. The molecule has 0 saturated heterocycles. The van der Waals surface area contributed by atoms with Crippen LogP contribution < -0.4 is 16.2 Å². The van der Waals surface area contributed by atoms with E-state index in [2.05, 4.69) is 21.2 Å². The fraction of sp³-hybridized carbons (Fsp3) is 0.227. The zero-order valence-corrected chi connectivity index (χ0v) is 16.7. The van der Waals surface area contributed by atoms with Gasteiger partial charge in [0.2, 0.25) is 5.91 Å². The Hall–Kier alpha value is -3.81. The Morgan fingerprint density at radius 3 is 2.40 bits per heavy atom. The molecule has 0 bridgehead atoms. The molecule has 3 rings (SSSR count). The molecule has 0 radical (unpaired) electrons. The molecule has 2 aromatic carbocycles. The molecule has 156 valence electrons. The fourth-order valence-corrected chi connectivity index (χ4v) is 3.01. The average Bonchev–Trinajstić information content (AvgIpc) is 3.14. The molecule has 0 aliphatic heterocycles. The van der Waals surface area contributed by atoms with Gasteiger partial charge in [0.05, 0.1) is 5.56 Å². The van der Waals surface area contributed by atoms with Gasteiger partial charge in [-0.3, -0.25) is 25.2 Å². The van der Waals surface area contributed by atoms with Crippen molar-refractivity contribution in [3.63, 3.8) is 0 Å². The summed E-state index contributed by atoms with van der Waals surface area (Å²) in [5.41, 5.74) is 6.43. The summed E-state index contributed by atoms with van der Waals surface area (Å²) in [6.07, 6.45) is 2.04. The maximum Gasteiger partial charge on any atom is 0.273 e. The SMILES string of the molecule is CC(C)C(=O)NC(Cc1c[nH]c2ccccc12)C(=O)NNC(=O)c1ccccc1O. The summed E-state index contributed by atoms with van der Waals surface area (Å²) in [7, 11) is 0. The first-order valence-electron chi connectivity index (χ1n) is 9.60. The Balaban J connectivity index is 1.74. The van der Waals surface area contributed by atoms with Crippen molar-refractivity contribution in [3.05, 3.63) is 65.9 Å². The molecular weight excluding hydrogens is 384 g/mol. The molecule has 1 atom stereocenters. The summed E-state index contributed by atoms with van der Waals surface area (Å²) >= 11 is 0. The first kappa shape index (κ1) is 20.9. The predicted molar refractivity (Wildman–Crippen MR) is 112 cm³/mol. The lowest BCUT2D eigenvalue weighted by Gasteiger charge is -2.20. The van der Waals surface area contributed by atoms with E-state index in [1.165, 1.54) is 12.1 Å². The van der Waals surface area contributed by atoms with E-state index in [-0.39, 0.29) is 29.6 Å². The molecule has 1 aromatic heterocycles. The lowest BCUT2D eigenvalue weighted by atomic mass is 10.0. The smallest absolute Gasteiger partial charge is 0.273 e. The van der Waals surface area contributed by atoms with Crippen LogP contribution >= 0.6 is 0 Å². The fourth-order valence-electron chi connectivity index (χ4n) is 3.01. The number of carbonyl (C=O) groups is 3. The van der Waals surface area contributed by atoms with Crippen LogP contribution in [0.25, 0.3) is 10.9 Å². The summed E-state index contributed by atoms with van der Waals surface area (Å²) in [6.45, 7) is 3.46. The van der Waals surface area contributed by atoms with Gasteiger partial charge in [0.15, 0.2) is 0 Å². The summed E-state index contributed by atoms with van der Waals surface area (Å²) in [6, 6.07) is 12.7. The molecule has 30 heavy (non-hydrogen) atoms. The quantitative estimate of drug-likeness (QED) is 0.400. The van der Waals surface area contributed by atoms with E-state index in [1.807, 2.05) is 24.3 Å². The van der Waals surface area contributed by atoms with E-state index in [0.717, 1.165) is 16.5 Å². The number of para-hydroxylation sites is 2. The van der Waals surface area contributed by atoms with Gasteiger partial charge in [0.1, 0.15) is 11.8 Å². The number of H-pyrrole nitrogens is 1. The summed E-state index contributed by atoms with van der Waals surface area (Å²) in [4.78, 5) is 40.4. The number of nitrogens with one attached hydrogen (secondary N) is 4. The third-order valence-electron chi connectivity index (χ3n) is 4.70. The molecule has 8 nitrogen and oxygen atoms in total. The Labute approximate surface area is 173 Å². The van der Waals surface area contributed by atoms with Crippen LogP contribution in [0.1, 0.15) is 29.8 Å². The highest BCUT2D eigenvalue weighted by atomic mass is 16.3. The number of phenols is 1. The number of carbonyl (C=O) groups excluding carboxylic acids is 3. The molecule has 1 unspecified atom stereocenters. The first-order valence-corrected chi connectivity index (χ1v) is 9.60. The molecule has 3 amide bonds. The second-order valence-corrected chi connectivity index (χ2v) is 7.24. The van der Waals surface area contributed by atoms with Crippen molar-refractivity contribution in [2.24, 2.45) is 5.92 Å². The number of benzene rings is 2. The third-order valence-corrected chi connectivity index (χ3v) is 4.70. The summed E-state index contributed by atoms with van der Waals surface area (Å²) in [5, 5.41) is 13.5. The van der Waals surface area contributed by atoms with Crippen LogP contribution in [0.2, 0.25) is 0 Å². The van der Waals surface area contributed by atoms with Gasteiger partial charge < -0.3 is 15.4 Å². The Morgan fingerprint density at radius 2 is 1.67 bits per heavy atom. The Bertz CT molecular complexity index is 1070. The van der Waals surface area contributed by atoms with E-state index < -0.39 is 17.9 Å². The van der Waals surface area contributed by atoms with Crippen LogP contribution in [0.3, 0.4) is 0 Å². The molecule has 0 spiro atoms. The van der Waals surface area contributed by atoms with Gasteiger partial charge in [-0.2, -0.15) is 0 Å². The molecule has 0 aliphatic rings. The van der Waals surface area contributed by atoms with Crippen molar-refractivity contribution < 1.29 is 19.5 Å². The number of aromatic hydroxyl groups is 1. The minimum atomic E-state index is -0.899. The lowest BCUT2D eigenvalue weighted by Crippen LogP contribution is -2.53. The first-order chi connectivity index (χ1) is 14.4. The molecule has 0 saturated carbocycles. The minimum Gasteiger partial charge on any atom is -0.507 e. The largest absolute Gasteiger partial charge is 0.507 e. The zero-order chi connectivity index (χ0) is 21.7. The van der Waals surface area contributed by atoms with Crippen LogP contribution in [0, 0.1) is 5.92 Å². The standard InChI is InChI=1S/C22H24N4O4/c1-13(2)20(28)24-18(11-14-12-23-17-9-5-3-7-15(14)17)22(30)26-25-21(29)16-8-4-6-10-19(16)27/h3-10,12-13,18,23,27H,11H2,1-2H3,(H,24,28)(H,25,29)(H,26,30). The molecule has 0 aliphatic carbocycles. The van der Waals surface area contributed by atoms with Crippen LogP contribution in [-0.2, 0) is 16.0 Å². The van der Waals surface area contributed by atoms with E-state index in [1.54, 1.807) is 32.2 Å². The number of aromatic nitrogens is 1. The number of aromatic amines is 1. The van der Waals surface area contributed by atoms with E-state index in [9.17, 15) is 19.5 Å². The van der Waals surface area contributed by atoms with Crippen LogP contribution in [-0.4, -0.2) is 33.9 Å². The van der Waals surface area contributed by atoms with Gasteiger partial charge in [-0.25, -0.2) is 0 Å². The van der Waals surface area contributed by atoms with Crippen molar-refractivity contribution in [1.29, 1.82) is 0 Å². The Morgan fingerprint density at radius 1 is 0.967 bits per heavy atom. The monoisotopic (exact) mass is 408 g/mol. The molecule has 8 heteroatoms. The number of hydrogen-bond donors (Lipinski definition) is 5. The van der Waals surface area contributed by atoms with Crippen molar-refractivity contribution >= 4 is 28.6 Å². The third kappa shape index (κ3) is 4.78. The number of fused-ring (bicyclic) bond motifs is 1. The van der Waals surface area contributed by atoms with Crippen molar-refractivity contribution in [1.82, 2.24) is 21.2 Å². The molecule has 5 N–H and O–H groups in total. The molecule has 1 heterocycles. The second-order valence-electron chi connectivity index (χ2n) is 7.24.